The number of fused-ring (bicyclic) bond motifs is 1. The van der Waals surface area contributed by atoms with E-state index in [2.05, 4.69) is 14.9 Å². The van der Waals surface area contributed by atoms with Crippen LogP contribution in [0.15, 0.2) is 23.2 Å². The van der Waals surface area contributed by atoms with Crippen molar-refractivity contribution < 1.29 is 14.5 Å². The number of aromatic nitrogens is 1. The van der Waals surface area contributed by atoms with Crippen LogP contribution in [-0.2, 0) is 16.1 Å². The summed E-state index contributed by atoms with van der Waals surface area (Å²) in [5.74, 6) is 0.414. The van der Waals surface area contributed by atoms with Crippen molar-refractivity contribution in [2.75, 3.05) is 26.0 Å². The molecule has 9 heteroatoms. The fraction of sp³-hybridized carbons (Fsp3) is 0.474. The number of hydrogen-bond donors (Lipinski definition) is 1. The van der Waals surface area contributed by atoms with E-state index in [-0.39, 0.29) is 29.0 Å². The Balaban J connectivity index is 1.64. The van der Waals surface area contributed by atoms with E-state index < -0.39 is 0 Å². The van der Waals surface area contributed by atoms with E-state index >= 15 is 0 Å². The molecule has 1 aromatic carbocycles. The average molecular weight is 402 g/mol. The molecule has 28 heavy (non-hydrogen) atoms. The molecule has 1 atom stereocenters. The van der Waals surface area contributed by atoms with Gasteiger partial charge in [-0.05, 0) is 43.6 Å². The Hall–Kier alpha value is -2.39. The molecule has 0 aliphatic carbocycles. The van der Waals surface area contributed by atoms with Gasteiger partial charge < -0.3 is 9.72 Å². The van der Waals surface area contributed by atoms with Gasteiger partial charge in [-0.1, -0.05) is 0 Å². The van der Waals surface area contributed by atoms with Gasteiger partial charge >= 0.3 is 5.97 Å². The zero-order valence-corrected chi connectivity index (χ0v) is 16.5. The Kier molecular flexibility index (Phi) is 5.36. The minimum Gasteiger partial charge on any atom is -0.469 e. The van der Waals surface area contributed by atoms with Gasteiger partial charge in [-0.3, -0.25) is 24.8 Å². The van der Waals surface area contributed by atoms with Crippen LogP contribution in [0.1, 0.15) is 30.5 Å². The maximum absolute atomic E-state index is 11.6. The third-order valence-corrected chi connectivity index (χ3v) is 6.29. The maximum Gasteiger partial charge on any atom is 0.307 e. The number of methoxy groups -OCH3 is 1. The summed E-state index contributed by atoms with van der Waals surface area (Å²) in [7, 11) is 1.37. The lowest BCUT2D eigenvalue weighted by Crippen LogP contribution is -2.18. The van der Waals surface area contributed by atoms with E-state index in [4.69, 9.17) is 4.74 Å². The number of nitrogens with one attached hydrogen (secondary N) is 1. The number of aromatic amines is 1. The second-order valence-corrected chi connectivity index (χ2v) is 8.19. The highest BCUT2D eigenvalue weighted by molar-refractivity contribution is 8.14. The molecule has 0 bridgehead atoms. The number of benzene rings is 1. The minimum absolute atomic E-state index is 0.0904. The molecule has 1 unspecified atom stereocenters. The van der Waals surface area contributed by atoms with Crippen molar-refractivity contribution in [3.63, 3.8) is 0 Å². The Morgan fingerprint density at radius 2 is 2.18 bits per heavy atom. The Labute approximate surface area is 166 Å². The minimum atomic E-state index is -0.334. The largest absolute Gasteiger partial charge is 0.469 e. The van der Waals surface area contributed by atoms with E-state index in [0.29, 0.717) is 11.3 Å². The lowest BCUT2D eigenvalue weighted by Gasteiger charge is -2.14. The van der Waals surface area contributed by atoms with Gasteiger partial charge in [-0.15, -0.1) is 11.8 Å². The van der Waals surface area contributed by atoms with Gasteiger partial charge in [0, 0.05) is 23.8 Å². The lowest BCUT2D eigenvalue weighted by atomic mass is 10.1. The third-order valence-electron chi connectivity index (χ3n) is 5.14. The number of ether oxygens (including phenoxy) is 1. The molecule has 1 fully saturated rings. The molecule has 4 rings (SSSR count). The van der Waals surface area contributed by atoms with Crippen molar-refractivity contribution in [1.82, 2.24) is 9.88 Å². The zero-order valence-electron chi connectivity index (χ0n) is 15.6. The van der Waals surface area contributed by atoms with Gasteiger partial charge in [-0.25, -0.2) is 0 Å². The summed E-state index contributed by atoms with van der Waals surface area (Å²) in [6.45, 7) is 2.81. The summed E-state index contributed by atoms with van der Waals surface area (Å²) in [5, 5.41) is 13.2. The number of carbonyl (C=O) groups is 1. The van der Waals surface area contributed by atoms with Gasteiger partial charge in [0.2, 0.25) is 0 Å². The highest BCUT2D eigenvalue weighted by Gasteiger charge is 2.25. The van der Waals surface area contributed by atoms with Crippen molar-refractivity contribution in [2.24, 2.45) is 4.99 Å². The fourth-order valence-corrected chi connectivity index (χ4v) is 4.81. The first-order chi connectivity index (χ1) is 13.5. The molecule has 0 radical (unpaired) electrons. The van der Waals surface area contributed by atoms with Crippen molar-refractivity contribution in [1.29, 1.82) is 0 Å². The van der Waals surface area contributed by atoms with Crippen LogP contribution in [0.4, 0.5) is 5.69 Å². The van der Waals surface area contributed by atoms with E-state index in [1.807, 2.05) is 12.1 Å². The molecule has 0 saturated carbocycles. The first-order valence-electron chi connectivity index (χ1n) is 9.33. The van der Waals surface area contributed by atoms with Gasteiger partial charge in [0.15, 0.2) is 0 Å². The van der Waals surface area contributed by atoms with Crippen molar-refractivity contribution >= 4 is 39.4 Å². The molecule has 2 aromatic rings. The molecule has 0 spiro atoms. The number of esters is 1. The molecule has 148 valence electrons. The highest BCUT2D eigenvalue weighted by Crippen LogP contribution is 2.32. The normalized spacial score (nSPS) is 19.9. The SMILES string of the molecule is COC(=O)CC1CSC(c2cc3cc(CN4CCCC4)cc([N+](=O)[O-])c3[nH]2)=N1. The van der Waals surface area contributed by atoms with Crippen molar-refractivity contribution in [2.45, 2.75) is 31.8 Å². The summed E-state index contributed by atoms with van der Waals surface area (Å²) in [5.41, 5.74) is 2.32. The van der Waals surface area contributed by atoms with Crippen LogP contribution in [0.3, 0.4) is 0 Å². The number of nitro benzene ring substituents is 1. The third kappa shape index (κ3) is 3.90. The average Bonchev–Trinajstić information content (AvgIpc) is 3.41. The van der Waals surface area contributed by atoms with E-state index in [1.165, 1.54) is 20.0 Å². The number of rotatable bonds is 6. The molecule has 1 N–H and O–H groups in total. The van der Waals surface area contributed by atoms with Crippen LogP contribution in [0.2, 0.25) is 0 Å². The van der Waals surface area contributed by atoms with Crippen molar-refractivity contribution in [3.05, 3.63) is 39.6 Å². The number of non-ortho nitro benzene ring substituents is 1. The summed E-state index contributed by atoms with van der Waals surface area (Å²) >= 11 is 1.55. The van der Waals surface area contributed by atoms with Gasteiger partial charge in [-0.2, -0.15) is 0 Å². The van der Waals surface area contributed by atoms with Gasteiger partial charge in [0.25, 0.3) is 5.69 Å². The van der Waals surface area contributed by atoms with Crippen LogP contribution in [0, 0.1) is 10.1 Å². The van der Waals surface area contributed by atoms with Crippen LogP contribution in [-0.4, -0.2) is 57.8 Å². The molecule has 3 heterocycles. The van der Waals surface area contributed by atoms with Gasteiger partial charge in [0.05, 0.1) is 30.2 Å². The highest BCUT2D eigenvalue weighted by atomic mass is 32.2. The fourth-order valence-electron chi connectivity index (χ4n) is 3.78. The molecule has 8 nitrogen and oxygen atoms in total. The molecule has 2 aliphatic heterocycles. The number of hydrogen-bond acceptors (Lipinski definition) is 7. The Morgan fingerprint density at radius 3 is 2.89 bits per heavy atom. The molecule has 2 aliphatic rings. The van der Waals surface area contributed by atoms with Gasteiger partial charge in [0.1, 0.15) is 10.6 Å². The maximum atomic E-state index is 11.6. The summed E-state index contributed by atoms with van der Waals surface area (Å²) in [6.07, 6.45) is 2.61. The van der Waals surface area contributed by atoms with E-state index in [1.54, 1.807) is 17.8 Å². The number of likely N-dealkylation sites (tertiary alicyclic amines) is 1. The number of carbonyl (C=O) groups excluding carboxylic acids is 1. The first-order valence-corrected chi connectivity index (χ1v) is 10.3. The molecular weight excluding hydrogens is 380 g/mol. The summed E-state index contributed by atoms with van der Waals surface area (Å²) < 4.78 is 4.71. The monoisotopic (exact) mass is 402 g/mol. The predicted octanol–water partition coefficient (Wildman–Crippen LogP) is 3.10. The van der Waals surface area contributed by atoms with Crippen LogP contribution in [0.5, 0.6) is 0 Å². The van der Waals surface area contributed by atoms with E-state index in [0.717, 1.165) is 41.3 Å². The number of aliphatic imine (C=N–C) groups is 1. The Morgan fingerprint density at radius 1 is 1.39 bits per heavy atom. The molecule has 1 saturated heterocycles. The molecule has 0 amide bonds. The Bertz CT molecular complexity index is 949. The lowest BCUT2D eigenvalue weighted by molar-refractivity contribution is -0.383. The second-order valence-electron chi connectivity index (χ2n) is 7.18. The van der Waals surface area contributed by atoms with Crippen LogP contribution >= 0.6 is 11.8 Å². The standard InChI is InChI=1S/C19H22N4O4S/c1-27-17(24)9-14-11-28-19(20-14)15-8-13-6-12(10-22-4-2-3-5-22)7-16(23(25)26)18(13)21-15/h6-8,14,21H,2-5,9-11H2,1H3. The predicted molar refractivity (Wildman–Crippen MR) is 109 cm³/mol. The molecular formula is C19H22N4O4S. The number of thioether (sulfide) groups is 1. The van der Waals surface area contributed by atoms with E-state index in [9.17, 15) is 14.9 Å². The topological polar surface area (TPSA) is 101 Å². The smallest absolute Gasteiger partial charge is 0.307 e. The second kappa shape index (κ2) is 7.92. The molecule has 1 aromatic heterocycles. The zero-order chi connectivity index (χ0) is 19.7. The van der Waals surface area contributed by atoms with Crippen LogP contribution in [0.25, 0.3) is 10.9 Å². The summed E-state index contributed by atoms with van der Waals surface area (Å²) in [6, 6.07) is 5.49. The van der Waals surface area contributed by atoms with Crippen molar-refractivity contribution in [3.8, 4) is 0 Å². The number of nitro groups is 1. The number of nitrogens with zero attached hydrogens (tertiary/aromatic N) is 3. The summed E-state index contributed by atoms with van der Waals surface area (Å²) in [4.78, 5) is 32.8. The quantitative estimate of drug-likeness (QED) is 0.453. The number of H-pyrrole nitrogens is 1. The first kappa shape index (κ1) is 18.9. The van der Waals surface area contributed by atoms with Crippen LogP contribution < -0.4 is 0 Å².